The molecule has 0 heterocycles. The van der Waals surface area contributed by atoms with Crippen molar-refractivity contribution in [2.24, 2.45) is 0 Å². The molecule has 0 aliphatic carbocycles. The van der Waals surface area contributed by atoms with Crippen LogP contribution in [-0.4, -0.2) is 87.4 Å². The summed E-state index contributed by atoms with van der Waals surface area (Å²) in [6.45, 7) is 4.74. The van der Waals surface area contributed by atoms with E-state index in [4.69, 9.17) is 18.9 Å². The van der Waals surface area contributed by atoms with Gasteiger partial charge in [0, 0.05) is 12.8 Å². The van der Waals surface area contributed by atoms with Crippen molar-refractivity contribution in [2.45, 2.75) is 322 Å². The zero-order chi connectivity index (χ0) is 67.5. The highest BCUT2D eigenvalue weighted by Crippen LogP contribution is 2.17. The van der Waals surface area contributed by atoms with Crippen LogP contribution in [-0.2, 0) is 33.3 Å². The van der Waals surface area contributed by atoms with Crippen molar-refractivity contribution in [1.82, 2.24) is 0 Å². The first-order valence-electron chi connectivity index (χ1n) is 38.0. The largest absolute Gasteiger partial charge is 0.477 e. The minimum atomic E-state index is -1.53. The lowest BCUT2D eigenvalue weighted by Gasteiger charge is -2.25. The van der Waals surface area contributed by atoms with Crippen molar-refractivity contribution in [3.8, 4) is 0 Å². The fourth-order valence-electron chi connectivity index (χ4n) is 10.3. The monoisotopic (exact) mass is 1290 g/mol. The first kappa shape index (κ1) is 88.2. The van der Waals surface area contributed by atoms with Crippen molar-refractivity contribution in [3.05, 3.63) is 146 Å². The molecule has 2 atom stereocenters. The van der Waals surface area contributed by atoms with E-state index in [-0.39, 0.29) is 38.6 Å². The number of quaternary nitrogens is 1. The van der Waals surface area contributed by atoms with Gasteiger partial charge in [0.1, 0.15) is 13.2 Å². The Labute approximate surface area is 572 Å². The van der Waals surface area contributed by atoms with E-state index in [0.29, 0.717) is 17.4 Å². The predicted molar refractivity (Wildman–Crippen MR) is 400 cm³/mol. The lowest BCUT2D eigenvalue weighted by atomic mass is 10.0. The molecule has 0 bridgehead atoms. The van der Waals surface area contributed by atoms with Crippen LogP contribution in [0.2, 0.25) is 0 Å². The smallest absolute Gasteiger partial charge is 0.361 e. The second-order valence-corrected chi connectivity index (χ2v) is 26.2. The molecule has 0 radical (unpaired) electrons. The SMILES string of the molecule is CC/C=C\C/C=C\C/C=C\C/C=C\C/C=C\C/C=C\C/C=C\C/C=C\C/C=C\C/C=C\C/C=C\CCCCCC(=O)OC(COC(=O)CCCCCCCCCCCCCCCCCCCCC/C=C\CCCCCCCCCC)COC(OCC[N+](C)(C)C)C(=O)O. The van der Waals surface area contributed by atoms with Crippen LogP contribution in [0.4, 0.5) is 0 Å². The lowest BCUT2D eigenvalue weighted by Crippen LogP contribution is -2.40. The molecule has 2 unspecified atom stereocenters. The molecular weight excluding hydrogens is 1150 g/mol. The van der Waals surface area contributed by atoms with Gasteiger partial charge in [0.15, 0.2) is 6.10 Å². The number of aliphatic carboxylic acids is 1. The molecule has 0 saturated heterocycles. The third kappa shape index (κ3) is 74.4. The van der Waals surface area contributed by atoms with Gasteiger partial charge in [-0.25, -0.2) is 4.79 Å². The number of nitrogens with zero attached hydrogens (tertiary/aromatic N) is 1. The maximum absolute atomic E-state index is 13.0. The number of allylic oxidation sites excluding steroid dienone is 24. The Morgan fingerprint density at radius 1 is 0.333 bits per heavy atom. The molecule has 1 N–H and O–H groups in total. The van der Waals surface area contributed by atoms with Gasteiger partial charge in [-0.2, -0.15) is 0 Å². The summed E-state index contributed by atoms with van der Waals surface area (Å²) < 4.78 is 23.0. The highest BCUT2D eigenvalue weighted by molar-refractivity contribution is 5.71. The first-order valence-corrected chi connectivity index (χ1v) is 38.0. The van der Waals surface area contributed by atoms with Crippen molar-refractivity contribution in [3.63, 3.8) is 0 Å². The fourth-order valence-corrected chi connectivity index (χ4v) is 10.3. The van der Waals surface area contributed by atoms with Gasteiger partial charge in [0.2, 0.25) is 0 Å². The first-order chi connectivity index (χ1) is 45.6. The number of carbonyl (C=O) groups is 3. The second kappa shape index (κ2) is 73.0. The standard InChI is InChI=1S/C84H141NO8/c1-6-8-10-12-14-16-18-20-22-24-26-28-30-32-34-36-38-39-40-41-42-43-45-47-49-51-53-55-57-59-61-63-65-67-69-71-73-75-82(87)93-80(79-92-84(83(88)89)90-77-76-85(3,4)5)78-91-81(86)74-72-70-68-66-64-62-60-58-56-54-52-50-48-46-44-37-35-33-31-29-27-25-23-21-19-17-15-13-11-9-7-2/h8,10,14,16,20,22,25-28,32,34,38-39,41-42,45,47,51,53,57,59,63,65,80,84H,6-7,9,11-13,15,17-19,21,23-24,29-31,33,35-37,40,43-44,46,48-50,52,54-56,58,60-62,64,66-79H2,1-5H3/p+1/b10-8-,16-14-,22-20-,27-25-,28-26-,34-32-,39-38-,42-41-,47-45-,53-51-,59-57-,65-63-. The Morgan fingerprint density at radius 2 is 0.613 bits per heavy atom. The van der Waals surface area contributed by atoms with Gasteiger partial charge in [-0.3, -0.25) is 9.59 Å². The maximum Gasteiger partial charge on any atom is 0.361 e. The number of likely N-dealkylation sites (N-methyl/N-ethyl adjacent to an activating group) is 1. The van der Waals surface area contributed by atoms with E-state index in [1.165, 1.54) is 167 Å². The zero-order valence-electron chi connectivity index (χ0n) is 60.6. The van der Waals surface area contributed by atoms with Crippen molar-refractivity contribution >= 4 is 17.9 Å². The maximum atomic E-state index is 13.0. The van der Waals surface area contributed by atoms with Crippen LogP contribution in [0.25, 0.3) is 0 Å². The van der Waals surface area contributed by atoms with Crippen LogP contribution in [0.15, 0.2) is 146 Å². The molecule has 0 aliphatic rings. The summed E-state index contributed by atoms with van der Waals surface area (Å²) >= 11 is 0. The number of carboxylic acids is 1. The van der Waals surface area contributed by atoms with Crippen LogP contribution in [0, 0.1) is 0 Å². The number of hydrogen-bond acceptors (Lipinski definition) is 7. The Kier molecular flexibility index (Phi) is 69.2. The van der Waals surface area contributed by atoms with Crippen LogP contribution in [0.3, 0.4) is 0 Å². The number of carboxylic acid groups (broad SMARTS) is 1. The number of rotatable bonds is 69. The van der Waals surface area contributed by atoms with Crippen LogP contribution < -0.4 is 0 Å². The Hall–Kier alpha value is -4.83. The quantitative estimate of drug-likeness (QED) is 0.0211. The van der Waals surface area contributed by atoms with Gasteiger partial charge in [0.25, 0.3) is 6.29 Å². The molecule has 0 saturated carbocycles. The molecule has 0 aromatic heterocycles. The van der Waals surface area contributed by atoms with Crippen LogP contribution >= 0.6 is 0 Å². The van der Waals surface area contributed by atoms with Crippen molar-refractivity contribution in [1.29, 1.82) is 0 Å². The number of esters is 2. The van der Waals surface area contributed by atoms with E-state index in [0.717, 1.165) is 109 Å². The molecule has 9 nitrogen and oxygen atoms in total. The molecule has 0 spiro atoms. The van der Waals surface area contributed by atoms with E-state index >= 15 is 0 Å². The third-order valence-electron chi connectivity index (χ3n) is 16.1. The molecule has 530 valence electrons. The Bertz CT molecular complexity index is 2040. The predicted octanol–water partition coefficient (Wildman–Crippen LogP) is 24.3. The van der Waals surface area contributed by atoms with Gasteiger partial charge in [-0.1, -0.05) is 320 Å². The fraction of sp³-hybridized carbons (Fsp3) is 0.679. The molecule has 0 rings (SSSR count). The minimum Gasteiger partial charge on any atom is -0.477 e. The van der Waals surface area contributed by atoms with E-state index in [1.807, 2.05) is 21.1 Å². The summed E-state index contributed by atoms with van der Waals surface area (Å²) in [5.41, 5.74) is 0. The van der Waals surface area contributed by atoms with Gasteiger partial charge >= 0.3 is 17.9 Å². The molecule has 0 aliphatic heterocycles. The number of carbonyl (C=O) groups excluding carboxylic acids is 2. The van der Waals surface area contributed by atoms with Crippen LogP contribution in [0.1, 0.15) is 309 Å². The lowest BCUT2D eigenvalue weighted by molar-refractivity contribution is -0.870. The Balaban J connectivity index is 4.19. The highest BCUT2D eigenvalue weighted by atomic mass is 16.7. The van der Waals surface area contributed by atoms with Gasteiger partial charge < -0.3 is 28.5 Å². The normalized spacial score (nSPS) is 13.5. The second-order valence-electron chi connectivity index (χ2n) is 26.2. The average molecular weight is 1290 g/mol. The number of unbranched alkanes of at least 4 members (excludes halogenated alkanes) is 30. The van der Waals surface area contributed by atoms with Crippen molar-refractivity contribution in [2.75, 3.05) is 47.5 Å². The topological polar surface area (TPSA) is 108 Å². The van der Waals surface area contributed by atoms with Gasteiger partial charge in [-0.05, 0) is 122 Å². The van der Waals surface area contributed by atoms with Gasteiger partial charge in [-0.15, -0.1) is 0 Å². The van der Waals surface area contributed by atoms with Crippen LogP contribution in [0.5, 0.6) is 0 Å². The Morgan fingerprint density at radius 3 is 0.935 bits per heavy atom. The van der Waals surface area contributed by atoms with E-state index in [1.54, 1.807) is 0 Å². The number of hydrogen-bond donors (Lipinski definition) is 1. The molecule has 0 aromatic carbocycles. The highest BCUT2D eigenvalue weighted by Gasteiger charge is 2.25. The average Bonchev–Trinajstić information content (AvgIpc) is 3.73. The number of ether oxygens (including phenoxy) is 4. The summed E-state index contributed by atoms with van der Waals surface area (Å²) in [7, 11) is 5.96. The minimum absolute atomic E-state index is 0.175. The summed E-state index contributed by atoms with van der Waals surface area (Å²) in [5, 5.41) is 9.76. The third-order valence-corrected chi connectivity index (χ3v) is 16.1. The van der Waals surface area contributed by atoms with Gasteiger partial charge in [0.05, 0.1) is 34.4 Å². The van der Waals surface area contributed by atoms with E-state index in [9.17, 15) is 19.5 Å². The molecule has 0 amide bonds. The molecule has 0 fully saturated rings. The summed E-state index contributed by atoms with van der Waals surface area (Å²) in [6, 6.07) is 0. The summed E-state index contributed by atoms with van der Waals surface area (Å²) in [5.74, 6) is -2.05. The summed E-state index contributed by atoms with van der Waals surface area (Å²) in [6.07, 6.45) is 104. The van der Waals surface area contributed by atoms with E-state index in [2.05, 4.69) is 160 Å². The molecule has 0 aromatic rings. The van der Waals surface area contributed by atoms with E-state index < -0.39 is 24.3 Å². The van der Waals surface area contributed by atoms with Crippen molar-refractivity contribution < 1.29 is 42.9 Å². The molecule has 9 heteroatoms. The molecule has 93 heavy (non-hydrogen) atoms. The zero-order valence-corrected chi connectivity index (χ0v) is 60.6. The summed E-state index contributed by atoms with van der Waals surface area (Å²) in [4.78, 5) is 37.7. The molecular formula is C84H142NO8+.